The summed E-state index contributed by atoms with van der Waals surface area (Å²) >= 11 is 0. The molecule has 0 aromatic heterocycles. The number of ether oxygens (including phenoxy) is 2. The molecule has 1 aliphatic heterocycles. The maximum atomic E-state index is 6.79. The van der Waals surface area contributed by atoms with Crippen LogP contribution in [-0.2, 0) is 15.8 Å². The van der Waals surface area contributed by atoms with Gasteiger partial charge in [-0.25, -0.2) is 0 Å². The summed E-state index contributed by atoms with van der Waals surface area (Å²) in [5.41, 5.74) is 2.33. The van der Waals surface area contributed by atoms with E-state index >= 15 is 0 Å². The molecule has 0 spiro atoms. The van der Waals surface area contributed by atoms with Gasteiger partial charge in [-0.05, 0) is 63.5 Å². The van der Waals surface area contributed by atoms with Crippen molar-refractivity contribution >= 4 is 8.32 Å². The zero-order chi connectivity index (χ0) is 19.8. The highest BCUT2D eigenvalue weighted by atomic mass is 28.4. The van der Waals surface area contributed by atoms with Crippen LogP contribution in [0.3, 0.4) is 0 Å². The fraction of sp³-hybridized carbons (Fsp3) is 0.714. The van der Waals surface area contributed by atoms with Gasteiger partial charge in [-0.3, -0.25) is 0 Å². The van der Waals surface area contributed by atoms with Gasteiger partial charge >= 0.3 is 0 Å². The lowest BCUT2D eigenvalue weighted by Gasteiger charge is -2.40. The van der Waals surface area contributed by atoms with E-state index in [1.165, 1.54) is 5.56 Å². The third-order valence-corrected chi connectivity index (χ3v) is 9.77. The Morgan fingerprint density at radius 1 is 1.19 bits per heavy atom. The normalized spacial score (nSPS) is 19.7. The molecule has 0 amide bonds. The van der Waals surface area contributed by atoms with Crippen LogP contribution in [0.15, 0.2) is 18.2 Å². The monoisotopic (exact) mass is 379 g/mol. The van der Waals surface area contributed by atoms with Crippen LogP contribution in [0, 0.1) is 0 Å². The molecule has 0 bridgehead atoms. The SMILES string of the molecule is CC1OCc2cc([C@H](CNC(C)(C)C)O[Si](C)(C)C(C)(C)C)ccc2O1. The van der Waals surface area contributed by atoms with Crippen molar-refractivity contribution in [2.45, 2.75) is 91.1 Å². The second kappa shape index (κ2) is 7.62. The molecule has 0 radical (unpaired) electrons. The molecule has 4 nitrogen and oxygen atoms in total. The van der Waals surface area contributed by atoms with Crippen LogP contribution in [0.25, 0.3) is 0 Å². The Morgan fingerprint density at radius 2 is 1.85 bits per heavy atom. The molecular formula is C21H37NO3Si. The van der Waals surface area contributed by atoms with Gasteiger partial charge in [0.15, 0.2) is 14.6 Å². The molecule has 1 unspecified atom stereocenters. The number of hydrogen-bond acceptors (Lipinski definition) is 4. The number of hydrogen-bond donors (Lipinski definition) is 1. The van der Waals surface area contributed by atoms with Crippen LogP contribution in [0.4, 0.5) is 0 Å². The molecule has 0 aliphatic carbocycles. The van der Waals surface area contributed by atoms with E-state index in [1.54, 1.807) is 0 Å². The van der Waals surface area contributed by atoms with Crippen LogP contribution >= 0.6 is 0 Å². The first kappa shape index (κ1) is 21.4. The zero-order valence-corrected chi connectivity index (χ0v) is 19.0. The van der Waals surface area contributed by atoms with Crippen LogP contribution in [0.5, 0.6) is 5.75 Å². The minimum Gasteiger partial charge on any atom is -0.465 e. The van der Waals surface area contributed by atoms with E-state index in [9.17, 15) is 0 Å². The number of benzene rings is 1. The summed E-state index contributed by atoms with van der Waals surface area (Å²) in [6, 6.07) is 6.38. The summed E-state index contributed by atoms with van der Waals surface area (Å²) in [5.74, 6) is 0.919. The molecule has 1 aromatic carbocycles. The number of fused-ring (bicyclic) bond motifs is 1. The van der Waals surface area contributed by atoms with Gasteiger partial charge in [-0.1, -0.05) is 26.8 Å². The molecule has 26 heavy (non-hydrogen) atoms. The Bertz CT molecular complexity index is 617. The Kier molecular flexibility index (Phi) is 6.28. The number of rotatable bonds is 5. The molecule has 2 rings (SSSR count). The standard InChI is InChI=1S/C21H37NO3Si/c1-15-23-14-17-12-16(10-11-18(17)24-15)19(13-22-20(2,3)4)25-26(8,9)21(5,6)7/h10-12,15,19,22H,13-14H2,1-9H3/t15?,19-/m0/s1. The first-order valence-electron chi connectivity index (χ1n) is 9.62. The summed E-state index contributed by atoms with van der Waals surface area (Å²) < 4.78 is 18.2. The third-order valence-electron chi connectivity index (χ3n) is 5.28. The smallest absolute Gasteiger partial charge is 0.197 e. The van der Waals surface area contributed by atoms with Gasteiger partial charge in [0.25, 0.3) is 0 Å². The van der Waals surface area contributed by atoms with Crippen LogP contribution in [-0.4, -0.2) is 26.7 Å². The first-order chi connectivity index (χ1) is 11.8. The van der Waals surface area contributed by atoms with E-state index in [2.05, 4.69) is 78.2 Å². The molecule has 1 N–H and O–H groups in total. The van der Waals surface area contributed by atoms with Gasteiger partial charge in [-0.2, -0.15) is 0 Å². The lowest BCUT2D eigenvalue weighted by molar-refractivity contribution is -0.0944. The molecule has 1 heterocycles. The highest BCUT2D eigenvalue weighted by Gasteiger charge is 2.39. The van der Waals surface area contributed by atoms with Crippen molar-refractivity contribution in [1.29, 1.82) is 0 Å². The summed E-state index contributed by atoms with van der Waals surface area (Å²) in [4.78, 5) is 0. The van der Waals surface area contributed by atoms with E-state index in [-0.39, 0.29) is 23.0 Å². The highest BCUT2D eigenvalue weighted by molar-refractivity contribution is 6.74. The topological polar surface area (TPSA) is 39.7 Å². The van der Waals surface area contributed by atoms with Crippen LogP contribution in [0.1, 0.15) is 65.7 Å². The molecule has 0 saturated heterocycles. The predicted octanol–water partition coefficient (Wildman–Crippen LogP) is 5.39. The largest absolute Gasteiger partial charge is 0.465 e. The van der Waals surface area contributed by atoms with Gasteiger partial charge < -0.3 is 19.2 Å². The molecule has 148 valence electrons. The van der Waals surface area contributed by atoms with Crippen molar-refractivity contribution in [1.82, 2.24) is 5.32 Å². The third kappa shape index (κ3) is 5.56. The van der Waals surface area contributed by atoms with Crippen molar-refractivity contribution < 1.29 is 13.9 Å². The quantitative estimate of drug-likeness (QED) is 0.696. The van der Waals surface area contributed by atoms with E-state index in [0.717, 1.165) is 17.9 Å². The summed E-state index contributed by atoms with van der Waals surface area (Å²) in [7, 11) is -1.90. The van der Waals surface area contributed by atoms with Gasteiger partial charge in [-0.15, -0.1) is 0 Å². The maximum Gasteiger partial charge on any atom is 0.197 e. The highest BCUT2D eigenvalue weighted by Crippen LogP contribution is 2.40. The summed E-state index contributed by atoms with van der Waals surface area (Å²) in [6.07, 6.45) is -0.171. The second-order valence-electron chi connectivity index (χ2n) is 9.86. The average Bonchev–Trinajstić information content (AvgIpc) is 2.49. The Balaban J connectivity index is 2.28. The molecule has 1 aromatic rings. The zero-order valence-electron chi connectivity index (χ0n) is 18.0. The van der Waals surface area contributed by atoms with Crippen molar-refractivity contribution in [2.24, 2.45) is 0 Å². The van der Waals surface area contributed by atoms with Crippen molar-refractivity contribution in [3.8, 4) is 5.75 Å². The molecule has 1 aliphatic rings. The van der Waals surface area contributed by atoms with Gasteiger partial charge in [0, 0.05) is 17.6 Å². The maximum absolute atomic E-state index is 6.79. The summed E-state index contributed by atoms with van der Waals surface area (Å²) in [6.45, 7) is 21.3. The van der Waals surface area contributed by atoms with E-state index in [0.29, 0.717) is 6.61 Å². The Labute approximate surface area is 160 Å². The average molecular weight is 380 g/mol. The second-order valence-corrected chi connectivity index (χ2v) is 14.6. The van der Waals surface area contributed by atoms with E-state index < -0.39 is 8.32 Å². The molecule has 0 fully saturated rings. The van der Waals surface area contributed by atoms with Gasteiger partial charge in [0.1, 0.15) is 5.75 Å². The lowest BCUT2D eigenvalue weighted by Crippen LogP contribution is -2.45. The number of nitrogens with one attached hydrogen (secondary N) is 1. The molecule has 2 atom stereocenters. The van der Waals surface area contributed by atoms with Crippen LogP contribution < -0.4 is 10.1 Å². The molecule has 5 heteroatoms. The molecular weight excluding hydrogens is 342 g/mol. The van der Waals surface area contributed by atoms with Crippen LogP contribution in [0.2, 0.25) is 18.1 Å². The predicted molar refractivity (Wildman–Crippen MR) is 110 cm³/mol. The molecule has 0 saturated carbocycles. The summed E-state index contributed by atoms with van der Waals surface area (Å²) in [5, 5.41) is 3.79. The minimum atomic E-state index is -1.90. The van der Waals surface area contributed by atoms with Crippen molar-refractivity contribution in [3.05, 3.63) is 29.3 Å². The Hall–Kier alpha value is -0.883. The first-order valence-corrected chi connectivity index (χ1v) is 12.5. The van der Waals surface area contributed by atoms with E-state index in [4.69, 9.17) is 13.9 Å². The van der Waals surface area contributed by atoms with Gasteiger partial charge in [0.05, 0.1) is 12.7 Å². The minimum absolute atomic E-state index is 0.0137. The van der Waals surface area contributed by atoms with Gasteiger partial charge in [0.2, 0.25) is 0 Å². The fourth-order valence-electron chi connectivity index (χ4n) is 2.61. The van der Waals surface area contributed by atoms with Crippen molar-refractivity contribution in [3.63, 3.8) is 0 Å². The van der Waals surface area contributed by atoms with E-state index in [1.807, 2.05) is 6.92 Å². The fourth-order valence-corrected chi connectivity index (χ4v) is 3.89. The van der Waals surface area contributed by atoms with Crippen molar-refractivity contribution in [2.75, 3.05) is 6.54 Å². The Morgan fingerprint density at radius 3 is 2.42 bits per heavy atom. The lowest BCUT2D eigenvalue weighted by atomic mass is 10.0.